The van der Waals surface area contributed by atoms with Crippen molar-refractivity contribution in [2.45, 2.75) is 0 Å². The summed E-state index contributed by atoms with van der Waals surface area (Å²) >= 11 is 1.37. The molecule has 0 aliphatic heterocycles. The average Bonchev–Trinajstić information content (AvgIpc) is 3.03. The van der Waals surface area contributed by atoms with Crippen molar-refractivity contribution in [3.63, 3.8) is 0 Å². The van der Waals surface area contributed by atoms with Crippen LogP contribution in [0.1, 0.15) is 0 Å². The molecule has 1 aromatic carbocycles. The van der Waals surface area contributed by atoms with E-state index in [0.29, 0.717) is 17.0 Å². The van der Waals surface area contributed by atoms with Crippen molar-refractivity contribution in [2.24, 2.45) is 0 Å². The van der Waals surface area contributed by atoms with Gasteiger partial charge in [0.05, 0.1) is 17.6 Å². The van der Waals surface area contributed by atoms with Gasteiger partial charge in [-0.15, -0.1) is 11.3 Å². The normalized spacial score (nSPS) is 10.8. The third-order valence-corrected chi connectivity index (χ3v) is 3.83. The SMILES string of the molecule is COc1csc(-c2noc(N)c2-c2cc(F)cc(F)c2)c1. The Morgan fingerprint density at radius 2 is 1.90 bits per heavy atom. The minimum Gasteiger partial charge on any atom is -0.496 e. The number of halogens is 2. The standard InChI is InChI=1S/C14H10F2N2O2S/c1-19-10-5-11(21-6-10)13-12(14(17)20-18-13)7-2-8(15)4-9(16)3-7/h2-6H,17H2,1H3. The molecule has 2 N–H and O–H groups in total. The smallest absolute Gasteiger partial charge is 0.230 e. The van der Waals surface area contributed by atoms with Gasteiger partial charge in [0.2, 0.25) is 5.88 Å². The van der Waals surface area contributed by atoms with E-state index in [1.54, 1.807) is 18.6 Å². The number of anilines is 1. The van der Waals surface area contributed by atoms with Gasteiger partial charge in [-0.1, -0.05) is 5.16 Å². The molecule has 0 saturated heterocycles. The fourth-order valence-electron chi connectivity index (χ4n) is 2.00. The maximum Gasteiger partial charge on any atom is 0.230 e. The first-order valence-electron chi connectivity index (χ1n) is 5.93. The zero-order valence-corrected chi connectivity index (χ0v) is 11.7. The van der Waals surface area contributed by atoms with Gasteiger partial charge in [-0.05, 0) is 17.7 Å². The van der Waals surface area contributed by atoms with Gasteiger partial charge in [0.1, 0.15) is 23.1 Å². The quantitative estimate of drug-likeness (QED) is 0.796. The van der Waals surface area contributed by atoms with Gasteiger partial charge in [0.15, 0.2) is 0 Å². The highest BCUT2D eigenvalue weighted by atomic mass is 32.1. The second-order valence-corrected chi connectivity index (χ2v) is 5.19. The highest BCUT2D eigenvalue weighted by Crippen LogP contribution is 2.40. The van der Waals surface area contributed by atoms with E-state index in [4.69, 9.17) is 15.0 Å². The number of hydrogen-bond donors (Lipinski definition) is 1. The van der Waals surface area contributed by atoms with E-state index in [0.717, 1.165) is 10.9 Å². The summed E-state index contributed by atoms with van der Waals surface area (Å²) in [5.74, 6) is -0.726. The van der Waals surface area contributed by atoms with Crippen molar-refractivity contribution in [3.8, 4) is 27.4 Å². The van der Waals surface area contributed by atoms with Crippen LogP contribution < -0.4 is 10.5 Å². The summed E-state index contributed by atoms with van der Waals surface area (Å²) in [6.07, 6.45) is 0. The van der Waals surface area contributed by atoms with Crippen molar-refractivity contribution < 1.29 is 18.0 Å². The van der Waals surface area contributed by atoms with Gasteiger partial charge in [-0.3, -0.25) is 0 Å². The number of hydrogen-bond acceptors (Lipinski definition) is 5. The topological polar surface area (TPSA) is 61.3 Å². The number of nitrogens with zero attached hydrogens (tertiary/aromatic N) is 1. The number of benzene rings is 1. The molecule has 0 atom stereocenters. The molecule has 0 saturated carbocycles. The van der Waals surface area contributed by atoms with Crippen LogP contribution >= 0.6 is 11.3 Å². The zero-order chi connectivity index (χ0) is 15.0. The van der Waals surface area contributed by atoms with Crippen LogP contribution in [0, 0.1) is 11.6 Å². The number of aromatic nitrogens is 1. The van der Waals surface area contributed by atoms with Crippen LogP contribution in [0.25, 0.3) is 21.7 Å². The molecule has 0 aliphatic rings. The Balaban J connectivity index is 2.16. The molecular weight excluding hydrogens is 298 g/mol. The highest BCUT2D eigenvalue weighted by Gasteiger charge is 2.20. The van der Waals surface area contributed by atoms with Crippen LogP contribution in [0.3, 0.4) is 0 Å². The lowest BCUT2D eigenvalue weighted by Gasteiger charge is -2.02. The fourth-order valence-corrected chi connectivity index (χ4v) is 2.84. The molecule has 0 radical (unpaired) electrons. The molecule has 3 aromatic rings. The summed E-state index contributed by atoms with van der Waals surface area (Å²) in [7, 11) is 1.55. The van der Waals surface area contributed by atoms with Crippen molar-refractivity contribution in [3.05, 3.63) is 41.3 Å². The average molecular weight is 308 g/mol. The third-order valence-electron chi connectivity index (χ3n) is 2.91. The van der Waals surface area contributed by atoms with Crippen LogP contribution in [0.5, 0.6) is 5.75 Å². The number of ether oxygens (including phenoxy) is 1. The van der Waals surface area contributed by atoms with E-state index in [9.17, 15) is 8.78 Å². The minimum atomic E-state index is -0.694. The molecule has 2 heterocycles. The van der Waals surface area contributed by atoms with Gasteiger partial charge in [-0.25, -0.2) is 8.78 Å². The Bertz CT molecular complexity index is 778. The van der Waals surface area contributed by atoms with Crippen LogP contribution in [0.4, 0.5) is 14.7 Å². The predicted molar refractivity (Wildman–Crippen MR) is 76.1 cm³/mol. The van der Waals surface area contributed by atoms with Crippen LogP contribution in [0.15, 0.2) is 34.2 Å². The second kappa shape index (κ2) is 5.17. The number of rotatable bonds is 3. The molecule has 2 aromatic heterocycles. The second-order valence-electron chi connectivity index (χ2n) is 4.28. The van der Waals surface area contributed by atoms with Crippen molar-refractivity contribution in [1.29, 1.82) is 0 Å². The zero-order valence-electron chi connectivity index (χ0n) is 10.9. The van der Waals surface area contributed by atoms with Gasteiger partial charge in [0.25, 0.3) is 0 Å². The molecule has 4 nitrogen and oxygen atoms in total. The molecule has 0 bridgehead atoms. The summed E-state index contributed by atoms with van der Waals surface area (Å²) in [5.41, 5.74) is 6.80. The minimum absolute atomic E-state index is 0.00219. The first-order chi connectivity index (χ1) is 10.1. The summed E-state index contributed by atoms with van der Waals surface area (Å²) < 4.78 is 36.9. The predicted octanol–water partition coefficient (Wildman–Crippen LogP) is 3.94. The van der Waals surface area contributed by atoms with Crippen molar-refractivity contribution >= 4 is 17.2 Å². The van der Waals surface area contributed by atoms with Gasteiger partial charge >= 0.3 is 0 Å². The Hall–Kier alpha value is -2.41. The Kier molecular flexibility index (Phi) is 3.34. The van der Waals surface area contributed by atoms with Crippen molar-refractivity contribution in [2.75, 3.05) is 12.8 Å². The summed E-state index contributed by atoms with van der Waals surface area (Å²) in [5, 5.41) is 5.67. The lowest BCUT2D eigenvalue weighted by molar-refractivity contribution is 0.416. The van der Waals surface area contributed by atoms with Gasteiger partial charge < -0.3 is 15.0 Å². The largest absolute Gasteiger partial charge is 0.496 e. The van der Waals surface area contributed by atoms with Gasteiger partial charge in [-0.2, -0.15) is 0 Å². The molecule has 0 fully saturated rings. The molecule has 0 aliphatic carbocycles. The Morgan fingerprint density at radius 3 is 2.52 bits per heavy atom. The summed E-state index contributed by atoms with van der Waals surface area (Å²) in [6, 6.07) is 4.91. The number of nitrogen functional groups attached to an aromatic ring is 1. The monoisotopic (exact) mass is 308 g/mol. The first kappa shape index (κ1) is 13.6. The molecule has 0 unspecified atom stereocenters. The van der Waals surface area contributed by atoms with E-state index in [1.165, 1.54) is 23.5 Å². The Morgan fingerprint density at radius 1 is 1.19 bits per heavy atom. The fraction of sp³-hybridized carbons (Fsp3) is 0.0714. The highest BCUT2D eigenvalue weighted by molar-refractivity contribution is 7.13. The molecule has 0 spiro atoms. The Labute approximate surface area is 122 Å². The van der Waals surface area contributed by atoms with E-state index >= 15 is 0 Å². The number of methoxy groups -OCH3 is 1. The third kappa shape index (κ3) is 2.47. The van der Waals surface area contributed by atoms with E-state index < -0.39 is 11.6 Å². The maximum atomic E-state index is 13.4. The molecular formula is C14H10F2N2O2S. The maximum absolute atomic E-state index is 13.4. The molecule has 7 heteroatoms. The van der Waals surface area contributed by atoms with E-state index in [-0.39, 0.29) is 11.4 Å². The first-order valence-corrected chi connectivity index (χ1v) is 6.81. The number of thiophene rings is 1. The molecule has 21 heavy (non-hydrogen) atoms. The van der Waals surface area contributed by atoms with Crippen LogP contribution in [-0.4, -0.2) is 12.3 Å². The summed E-state index contributed by atoms with van der Waals surface area (Å²) in [4.78, 5) is 0.729. The van der Waals surface area contributed by atoms with E-state index in [1.807, 2.05) is 0 Å². The van der Waals surface area contributed by atoms with E-state index in [2.05, 4.69) is 5.16 Å². The molecule has 0 amide bonds. The summed E-state index contributed by atoms with van der Waals surface area (Å²) in [6.45, 7) is 0. The number of nitrogens with two attached hydrogens (primary N) is 1. The van der Waals surface area contributed by atoms with Crippen molar-refractivity contribution in [1.82, 2.24) is 5.16 Å². The molecule has 108 valence electrons. The van der Waals surface area contributed by atoms with Gasteiger partial charge in [0, 0.05) is 17.5 Å². The van der Waals surface area contributed by atoms with Crippen LogP contribution in [-0.2, 0) is 0 Å². The lowest BCUT2D eigenvalue weighted by atomic mass is 10.0. The van der Waals surface area contributed by atoms with Crippen LogP contribution in [0.2, 0.25) is 0 Å². The lowest BCUT2D eigenvalue weighted by Crippen LogP contribution is -1.89. The molecule has 3 rings (SSSR count).